The van der Waals surface area contributed by atoms with Crippen molar-refractivity contribution in [2.45, 2.75) is 25.7 Å². The van der Waals surface area contributed by atoms with Crippen molar-refractivity contribution in [2.75, 3.05) is 0 Å². The molecular weight excluding hydrogens is 224 g/mol. The average Bonchev–Trinajstić information content (AvgIpc) is 2.17. The first-order valence-electron chi connectivity index (χ1n) is 4.92. The van der Waals surface area contributed by atoms with Crippen LogP contribution in [0.2, 0.25) is 0 Å². The molecule has 16 heavy (non-hydrogen) atoms. The van der Waals surface area contributed by atoms with Gasteiger partial charge in [-0.2, -0.15) is 13.5 Å². The predicted molar refractivity (Wildman–Crippen MR) is 64.7 cm³/mol. The standard InChI is InChI=1S/C11H16N2O2S/c1-11(2,3)9-12-13-16(14,15)10-7-5-4-6-8-10/h4-9,13H,1-3H3. The Morgan fingerprint density at radius 3 is 2.25 bits per heavy atom. The summed E-state index contributed by atoms with van der Waals surface area (Å²) in [7, 11) is -3.53. The van der Waals surface area contributed by atoms with Gasteiger partial charge >= 0.3 is 0 Å². The van der Waals surface area contributed by atoms with Crippen molar-refractivity contribution >= 4 is 16.2 Å². The van der Waals surface area contributed by atoms with Crippen LogP contribution in [0.4, 0.5) is 0 Å². The van der Waals surface area contributed by atoms with E-state index >= 15 is 0 Å². The Morgan fingerprint density at radius 1 is 1.19 bits per heavy atom. The monoisotopic (exact) mass is 240 g/mol. The van der Waals surface area contributed by atoms with Crippen LogP contribution < -0.4 is 4.83 Å². The van der Waals surface area contributed by atoms with Gasteiger partial charge in [0.15, 0.2) is 0 Å². The lowest BCUT2D eigenvalue weighted by Crippen LogP contribution is -2.20. The summed E-state index contributed by atoms with van der Waals surface area (Å²) in [4.78, 5) is 2.38. The van der Waals surface area contributed by atoms with Crippen LogP contribution in [-0.4, -0.2) is 14.6 Å². The molecule has 1 aromatic carbocycles. The zero-order chi connectivity index (χ0) is 12.2. The predicted octanol–water partition coefficient (Wildman–Crippen LogP) is 2.00. The third-order valence-electron chi connectivity index (χ3n) is 1.68. The van der Waals surface area contributed by atoms with E-state index < -0.39 is 10.0 Å². The molecular formula is C11H16N2O2S. The van der Waals surface area contributed by atoms with Gasteiger partial charge in [0.25, 0.3) is 10.0 Å². The zero-order valence-corrected chi connectivity index (χ0v) is 10.5. The number of rotatable bonds is 3. The topological polar surface area (TPSA) is 58.5 Å². The fourth-order valence-corrected chi connectivity index (χ4v) is 1.75. The van der Waals surface area contributed by atoms with Crippen LogP contribution in [0.15, 0.2) is 40.3 Å². The van der Waals surface area contributed by atoms with Crippen LogP contribution in [0, 0.1) is 5.41 Å². The molecule has 0 aliphatic carbocycles. The second-order valence-electron chi connectivity index (χ2n) is 4.53. The van der Waals surface area contributed by atoms with Crippen LogP contribution in [0.3, 0.4) is 0 Å². The summed E-state index contributed by atoms with van der Waals surface area (Å²) in [5, 5.41) is 3.73. The molecule has 0 heterocycles. The van der Waals surface area contributed by atoms with Crippen molar-refractivity contribution in [3.05, 3.63) is 30.3 Å². The van der Waals surface area contributed by atoms with Crippen LogP contribution >= 0.6 is 0 Å². The van der Waals surface area contributed by atoms with E-state index in [0.717, 1.165) is 0 Å². The minimum atomic E-state index is -3.53. The molecule has 1 N–H and O–H groups in total. The smallest absolute Gasteiger partial charge is 0.200 e. The maximum absolute atomic E-state index is 11.7. The van der Waals surface area contributed by atoms with Gasteiger partial charge in [0, 0.05) is 6.21 Å². The van der Waals surface area contributed by atoms with Crippen molar-refractivity contribution in [3.8, 4) is 0 Å². The summed E-state index contributed by atoms with van der Waals surface area (Å²) in [6.45, 7) is 5.81. The van der Waals surface area contributed by atoms with Gasteiger partial charge in [0.2, 0.25) is 0 Å². The summed E-state index contributed by atoms with van der Waals surface area (Å²) in [6.07, 6.45) is 1.56. The number of benzene rings is 1. The van der Waals surface area contributed by atoms with E-state index in [1.54, 1.807) is 24.4 Å². The normalized spacial score (nSPS) is 12.9. The van der Waals surface area contributed by atoms with Crippen molar-refractivity contribution in [1.82, 2.24) is 4.83 Å². The first kappa shape index (κ1) is 12.7. The number of nitrogens with zero attached hydrogens (tertiary/aromatic N) is 1. The summed E-state index contributed by atoms with van der Waals surface area (Å²) in [5.41, 5.74) is -0.154. The second kappa shape index (κ2) is 4.65. The highest BCUT2D eigenvalue weighted by molar-refractivity contribution is 7.89. The Morgan fingerprint density at radius 2 is 1.75 bits per heavy atom. The second-order valence-corrected chi connectivity index (χ2v) is 6.19. The molecule has 0 unspecified atom stereocenters. The molecule has 0 saturated carbocycles. The Labute approximate surface area is 96.4 Å². The van der Waals surface area contributed by atoms with Gasteiger partial charge < -0.3 is 0 Å². The van der Waals surface area contributed by atoms with E-state index in [9.17, 15) is 8.42 Å². The van der Waals surface area contributed by atoms with E-state index in [0.29, 0.717) is 0 Å². The van der Waals surface area contributed by atoms with Crippen LogP contribution in [-0.2, 0) is 10.0 Å². The maximum atomic E-state index is 11.7. The van der Waals surface area contributed by atoms with Gasteiger partial charge in [-0.25, -0.2) is 4.83 Å². The van der Waals surface area contributed by atoms with Gasteiger partial charge in [-0.1, -0.05) is 39.0 Å². The number of hydrogen-bond acceptors (Lipinski definition) is 3. The summed E-state index contributed by atoms with van der Waals surface area (Å²) in [5.74, 6) is 0. The van der Waals surface area contributed by atoms with Crippen LogP contribution in [0.5, 0.6) is 0 Å². The Hall–Kier alpha value is -1.36. The summed E-state index contributed by atoms with van der Waals surface area (Å²) >= 11 is 0. The lowest BCUT2D eigenvalue weighted by molar-refractivity contribution is 0.579. The molecule has 0 spiro atoms. The zero-order valence-electron chi connectivity index (χ0n) is 9.64. The molecule has 0 bridgehead atoms. The fourth-order valence-electron chi connectivity index (χ4n) is 0.942. The summed E-state index contributed by atoms with van der Waals surface area (Å²) < 4.78 is 23.4. The minimum absolute atomic E-state index is 0.154. The highest BCUT2D eigenvalue weighted by Gasteiger charge is 2.12. The SMILES string of the molecule is CC(C)(C)C=NNS(=O)(=O)c1ccccc1. The lowest BCUT2D eigenvalue weighted by Gasteiger charge is -2.10. The fraction of sp³-hybridized carbons (Fsp3) is 0.364. The average molecular weight is 240 g/mol. The first-order chi connectivity index (χ1) is 7.31. The van der Waals surface area contributed by atoms with Gasteiger partial charge in [-0.05, 0) is 17.5 Å². The van der Waals surface area contributed by atoms with E-state index in [2.05, 4.69) is 9.93 Å². The van der Waals surface area contributed by atoms with Gasteiger partial charge in [0.1, 0.15) is 0 Å². The molecule has 88 valence electrons. The van der Waals surface area contributed by atoms with Crippen molar-refractivity contribution < 1.29 is 8.42 Å². The first-order valence-corrected chi connectivity index (χ1v) is 6.41. The van der Waals surface area contributed by atoms with Gasteiger partial charge in [-0.15, -0.1) is 0 Å². The van der Waals surface area contributed by atoms with E-state index in [1.807, 2.05) is 20.8 Å². The number of hydrazone groups is 1. The van der Waals surface area contributed by atoms with Gasteiger partial charge in [-0.3, -0.25) is 0 Å². The Balaban J connectivity index is 2.79. The largest absolute Gasteiger partial charge is 0.276 e. The highest BCUT2D eigenvalue weighted by atomic mass is 32.2. The molecule has 1 rings (SSSR count). The Kier molecular flexibility index (Phi) is 3.70. The van der Waals surface area contributed by atoms with Crippen molar-refractivity contribution in [3.63, 3.8) is 0 Å². The maximum Gasteiger partial charge on any atom is 0.276 e. The third-order valence-corrected chi connectivity index (χ3v) is 2.92. The van der Waals surface area contributed by atoms with Crippen LogP contribution in [0.1, 0.15) is 20.8 Å². The summed E-state index contributed by atoms with van der Waals surface area (Å²) in [6, 6.07) is 8.14. The molecule has 5 heteroatoms. The van der Waals surface area contributed by atoms with Gasteiger partial charge in [0.05, 0.1) is 4.90 Å². The molecule has 4 nitrogen and oxygen atoms in total. The van der Waals surface area contributed by atoms with E-state index in [1.165, 1.54) is 12.1 Å². The molecule has 0 fully saturated rings. The number of nitrogens with one attached hydrogen (secondary N) is 1. The minimum Gasteiger partial charge on any atom is -0.200 e. The molecule has 0 saturated heterocycles. The molecule has 0 aliphatic heterocycles. The van der Waals surface area contributed by atoms with Crippen molar-refractivity contribution in [1.29, 1.82) is 0 Å². The molecule has 0 aromatic heterocycles. The number of hydrogen-bond donors (Lipinski definition) is 1. The molecule has 0 atom stereocenters. The highest BCUT2D eigenvalue weighted by Crippen LogP contribution is 2.09. The lowest BCUT2D eigenvalue weighted by atomic mass is 9.99. The van der Waals surface area contributed by atoms with Crippen molar-refractivity contribution in [2.24, 2.45) is 10.5 Å². The molecule has 0 amide bonds. The number of sulfonamides is 1. The molecule has 0 radical (unpaired) electrons. The quantitative estimate of drug-likeness (QED) is 0.649. The molecule has 1 aromatic rings. The van der Waals surface area contributed by atoms with E-state index in [4.69, 9.17) is 0 Å². The van der Waals surface area contributed by atoms with E-state index in [-0.39, 0.29) is 10.3 Å². The third kappa shape index (κ3) is 4.02. The Bertz CT molecular complexity index is 459. The molecule has 0 aliphatic rings. The van der Waals surface area contributed by atoms with Crippen LogP contribution in [0.25, 0.3) is 0 Å².